The highest BCUT2D eigenvalue weighted by molar-refractivity contribution is 7.17. The van der Waals surface area contributed by atoms with E-state index in [9.17, 15) is 9.18 Å². The number of nitrogens with one attached hydrogen (secondary N) is 2. The van der Waals surface area contributed by atoms with Crippen LogP contribution < -0.4 is 10.6 Å². The normalized spacial score (nSPS) is 10.3. The maximum absolute atomic E-state index is 13.7. The van der Waals surface area contributed by atoms with Gasteiger partial charge in [0.25, 0.3) is 5.91 Å². The maximum Gasteiger partial charge on any atom is 0.267 e. The third kappa shape index (κ3) is 3.54. The number of nitrogens with zero attached hydrogens (tertiary/aromatic N) is 1. The van der Waals surface area contributed by atoms with Gasteiger partial charge in [-0.15, -0.1) is 0 Å². The first kappa shape index (κ1) is 15.2. The van der Waals surface area contributed by atoms with Crippen molar-refractivity contribution in [2.45, 2.75) is 6.92 Å². The molecule has 6 heteroatoms. The summed E-state index contributed by atoms with van der Waals surface area (Å²) in [6.45, 7) is 1.75. The predicted octanol–water partition coefficient (Wildman–Crippen LogP) is 4.59. The number of aryl methyl sites for hydroxylation is 1. The first-order chi connectivity index (χ1) is 11.1. The van der Waals surface area contributed by atoms with E-state index in [0.717, 1.165) is 0 Å². The van der Waals surface area contributed by atoms with Crippen LogP contribution in [0.5, 0.6) is 0 Å². The Kier molecular flexibility index (Phi) is 4.34. The van der Waals surface area contributed by atoms with E-state index < -0.39 is 0 Å². The van der Waals surface area contributed by atoms with Gasteiger partial charge < -0.3 is 10.6 Å². The smallest absolute Gasteiger partial charge is 0.267 e. The first-order valence-electron chi connectivity index (χ1n) is 6.99. The highest BCUT2D eigenvalue weighted by Gasteiger charge is 2.16. The Morgan fingerprint density at radius 3 is 2.52 bits per heavy atom. The number of para-hydroxylation sites is 2. The number of anilines is 3. The highest BCUT2D eigenvalue weighted by atomic mass is 32.1. The molecule has 3 rings (SSSR count). The fourth-order valence-corrected chi connectivity index (χ4v) is 2.92. The van der Waals surface area contributed by atoms with Crippen molar-refractivity contribution in [2.24, 2.45) is 0 Å². The Hall–Kier alpha value is -2.73. The van der Waals surface area contributed by atoms with E-state index in [-0.39, 0.29) is 11.7 Å². The van der Waals surface area contributed by atoms with Crippen LogP contribution in [0.25, 0.3) is 0 Å². The lowest BCUT2D eigenvalue weighted by Crippen LogP contribution is -2.11. The molecular formula is C17H14FN3OS. The quantitative estimate of drug-likeness (QED) is 0.737. The number of thiazole rings is 1. The lowest BCUT2D eigenvalue weighted by atomic mass is 10.3. The molecule has 0 fully saturated rings. The molecule has 0 unspecified atom stereocenters. The van der Waals surface area contributed by atoms with Crippen molar-refractivity contribution in [3.05, 3.63) is 71.0 Å². The Morgan fingerprint density at radius 2 is 1.78 bits per heavy atom. The van der Waals surface area contributed by atoms with Gasteiger partial charge in [0, 0.05) is 5.69 Å². The van der Waals surface area contributed by atoms with Crippen molar-refractivity contribution >= 4 is 33.8 Å². The van der Waals surface area contributed by atoms with E-state index >= 15 is 0 Å². The molecule has 0 saturated carbocycles. The Bertz CT molecular complexity index is 833. The molecule has 4 nitrogen and oxygen atoms in total. The molecule has 0 atom stereocenters. The van der Waals surface area contributed by atoms with E-state index in [1.807, 2.05) is 30.3 Å². The summed E-state index contributed by atoms with van der Waals surface area (Å²) in [6, 6.07) is 15.5. The third-order valence-electron chi connectivity index (χ3n) is 3.15. The van der Waals surface area contributed by atoms with Gasteiger partial charge in [0.05, 0.1) is 11.4 Å². The number of hydrogen-bond acceptors (Lipinski definition) is 4. The molecule has 3 aromatic rings. The average molecular weight is 327 g/mol. The predicted molar refractivity (Wildman–Crippen MR) is 90.9 cm³/mol. The van der Waals surface area contributed by atoms with E-state index in [0.29, 0.717) is 27.1 Å². The van der Waals surface area contributed by atoms with Gasteiger partial charge in [-0.25, -0.2) is 9.37 Å². The molecule has 1 aromatic heterocycles. The number of halogens is 1. The number of rotatable bonds is 4. The van der Waals surface area contributed by atoms with Crippen molar-refractivity contribution in [1.29, 1.82) is 0 Å². The molecule has 1 amide bonds. The molecule has 116 valence electrons. The monoisotopic (exact) mass is 327 g/mol. The Labute approximate surface area is 137 Å². The third-order valence-corrected chi connectivity index (χ3v) is 4.22. The largest absolute Gasteiger partial charge is 0.329 e. The standard InChI is InChI=1S/C17H14FN3OS/c1-11-15(16(22)20-12-7-3-2-4-8-12)23-17(19-11)21-14-10-6-5-9-13(14)18/h2-10H,1H3,(H,19,21)(H,20,22). The van der Waals surface area contributed by atoms with Gasteiger partial charge in [-0.2, -0.15) is 0 Å². The van der Waals surface area contributed by atoms with Crippen molar-refractivity contribution in [2.75, 3.05) is 10.6 Å². The second-order valence-electron chi connectivity index (χ2n) is 4.86. The lowest BCUT2D eigenvalue weighted by Gasteiger charge is -2.03. The fraction of sp³-hybridized carbons (Fsp3) is 0.0588. The Morgan fingerprint density at radius 1 is 1.09 bits per heavy atom. The molecular weight excluding hydrogens is 313 g/mol. The SMILES string of the molecule is Cc1nc(Nc2ccccc2F)sc1C(=O)Nc1ccccc1. The second kappa shape index (κ2) is 6.58. The molecule has 0 saturated heterocycles. The molecule has 2 N–H and O–H groups in total. The van der Waals surface area contributed by atoms with Crippen LogP contribution in [0.1, 0.15) is 15.4 Å². The summed E-state index contributed by atoms with van der Waals surface area (Å²) in [5.74, 6) is -0.594. The van der Waals surface area contributed by atoms with Gasteiger partial charge in [-0.1, -0.05) is 41.7 Å². The molecule has 0 aliphatic heterocycles. The zero-order valence-corrected chi connectivity index (χ0v) is 13.2. The molecule has 0 spiro atoms. The summed E-state index contributed by atoms with van der Waals surface area (Å²) >= 11 is 1.19. The van der Waals surface area contributed by atoms with Crippen LogP contribution in [0, 0.1) is 12.7 Å². The van der Waals surface area contributed by atoms with Crippen LogP contribution in [-0.2, 0) is 0 Å². The summed E-state index contributed by atoms with van der Waals surface area (Å²) in [6.07, 6.45) is 0. The topological polar surface area (TPSA) is 54.0 Å². The first-order valence-corrected chi connectivity index (χ1v) is 7.80. The van der Waals surface area contributed by atoms with Crippen LogP contribution in [-0.4, -0.2) is 10.9 Å². The van der Waals surface area contributed by atoms with Crippen LogP contribution in [0.15, 0.2) is 54.6 Å². The summed E-state index contributed by atoms with van der Waals surface area (Å²) in [5.41, 5.74) is 1.65. The number of benzene rings is 2. The zero-order valence-electron chi connectivity index (χ0n) is 12.3. The number of amides is 1. The van der Waals surface area contributed by atoms with Gasteiger partial charge in [0.15, 0.2) is 5.13 Å². The van der Waals surface area contributed by atoms with E-state index in [4.69, 9.17) is 0 Å². The van der Waals surface area contributed by atoms with E-state index in [2.05, 4.69) is 15.6 Å². The van der Waals surface area contributed by atoms with E-state index in [1.54, 1.807) is 25.1 Å². The summed E-state index contributed by atoms with van der Waals surface area (Å²) < 4.78 is 13.7. The second-order valence-corrected chi connectivity index (χ2v) is 5.86. The van der Waals surface area contributed by atoms with Crippen LogP contribution in [0.3, 0.4) is 0 Å². The number of carbonyl (C=O) groups excluding carboxylic acids is 1. The fourth-order valence-electron chi connectivity index (χ4n) is 2.05. The van der Waals surface area contributed by atoms with Gasteiger partial charge in [0.1, 0.15) is 10.7 Å². The maximum atomic E-state index is 13.7. The molecule has 1 heterocycles. The minimum atomic E-state index is -0.365. The van der Waals surface area contributed by atoms with Gasteiger partial charge in [-0.3, -0.25) is 4.79 Å². The Balaban J connectivity index is 1.78. The van der Waals surface area contributed by atoms with Crippen LogP contribution in [0.2, 0.25) is 0 Å². The van der Waals surface area contributed by atoms with Crippen molar-refractivity contribution < 1.29 is 9.18 Å². The van der Waals surface area contributed by atoms with Crippen molar-refractivity contribution in [3.8, 4) is 0 Å². The molecule has 0 aliphatic rings. The highest BCUT2D eigenvalue weighted by Crippen LogP contribution is 2.27. The minimum absolute atomic E-state index is 0.229. The van der Waals surface area contributed by atoms with E-state index in [1.165, 1.54) is 17.4 Å². The van der Waals surface area contributed by atoms with Gasteiger partial charge in [0.2, 0.25) is 0 Å². The van der Waals surface area contributed by atoms with Crippen LogP contribution >= 0.6 is 11.3 Å². The summed E-state index contributed by atoms with van der Waals surface area (Å²) in [4.78, 5) is 17.1. The number of aromatic nitrogens is 1. The zero-order chi connectivity index (χ0) is 16.2. The van der Waals surface area contributed by atoms with Crippen molar-refractivity contribution in [3.63, 3.8) is 0 Å². The number of carbonyl (C=O) groups is 1. The number of hydrogen-bond donors (Lipinski definition) is 2. The van der Waals surface area contributed by atoms with Crippen molar-refractivity contribution in [1.82, 2.24) is 4.98 Å². The van der Waals surface area contributed by atoms with Gasteiger partial charge in [-0.05, 0) is 31.2 Å². The molecule has 23 heavy (non-hydrogen) atoms. The molecule has 0 bridgehead atoms. The average Bonchev–Trinajstić information content (AvgIpc) is 2.91. The molecule has 0 radical (unpaired) electrons. The molecule has 2 aromatic carbocycles. The summed E-state index contributed by atoms with van der Waals surface area (Å²) in [5, 5.41) is 6.20. The molecule has 0 aliphatic carbocycles. The minimum Gasteiger partial charge on any atom is -0.329 e. The van der Waals surface area contributed by atoms with Crippen LogP contribution in [0.4, 0.5) is 20.9 Å². The van der Waals surface area contributed by atoms with Gasteiger partial charge >= 0.3 is 0 Å². The lowest BCUT2D eigenvalue weighted by molar-refractivity contribution is 0.103. The summed E-state index contributed by atoms with van der Waals surface area (Å²) in [7, 11) is 0.